The van der Waals surface area contributed by atoms with Gasteiger partial charge < -0.3 is 16.0 Å². The van der Waals surface area contributed by atoms with Gasteiger partial charge in [0.05, 0.1) is 5.54 Å². The van der Waals surface area contributed by atoms with E-state index >= 15 is 0 Å². The first kappa shape index (κ1) is 16.8. The van der Waals surface area contributed by atoms with Gasteiger partial charge in [0.1, 0.15) is 0 Å². The van der Waals surface area contributed by atoms with E-state index < -0.39 is 5.54 Å². The number of carbonyl (C=O) groups excluding carboxylic acids is 1. The van der Waals surface area contributed by atoms with Gasteiger partial charge in [-0.1, -0.05) is 12.8 Å². The molecule has 1 atom stereocenters. The van der Waals surface area contributed by atoms with Gasteiger partial charge in [-0.3, -0.25) is 4.79 Å². The van der Waals surface area contributed by atoms with Gasteiger partial charge in [0.15, 0.2) is 0 Å². The average Bonchev–Trinajstić information content (AvgIpc) is 2.93. The van der Waals surface area contributed by atoms with Crippen LogP contribution in [-0.2, 0) is 4.79 Å². The van der Waals surface area contributed by atoms with Crippen molar-refractivity contribution in [1.29, 1.82) is 0 Å². The topological polar surface area (TPSA) is 58.4 Å². The minimum atomic E-state index is -0.546. The Morgan fingerprint density at radius 3 is 2.33 bits per heavy atom. The molecule has 1 aliphatic heterocycles. The number of primary amides is 1. The number of hydrogen-bond donors (Lipinski definition) is 2. The number of piperidine rings is 1. The molecule has 1 spiro atoms. The molecule has 0 bridgehead atoms. The van der Waals surface area contributed by atoms with E-state index in [2.05, 4.69) is 10.2 Å². The molecule has 1 heterocycles. The van der Waals surface area contributed by atoms with Crippen LogP contribution in [0.2, 0.25) is 0 Å². The lowest BCUT2D eigenvalue weighted by Crippen LogP contribution is -2.51. The average molecular weight is 295 g/mol. The summed E-state index contributed by atoms with van der Waals surface area (Å²) in [6.45, 7) is 5.63. The molecule has 4 nitrogen and oxygen atoms in total. The maximum absolute atomic E-state index is 11.4. The van der Waals surface area contributed by atoms with Gasteiger partial charge >= 0.3 is 0 Å². The van der Waals surface area contributed by atoms with Crippen LogP contribution >= 0.6 is 0 Å². The molecule has 2 aliphatic rings. The van der Waals surface area contributed by atoms with E-state index in [0.717, 1.165) is 19.3 Å². The van der Waals surface area contributed by atoms with Crippen molar-refractivity contribution < 1.29 is 4.79 Å². The van der Waals surface area contributed by atoms with E-state index in [1.165, 1.54) is 58.2 Å². The van der Waals surface area contributed by atoms with E-state index in [9.17, 15) is 4.79 Å². The Kier molecular flexibility index (Phi) is 5.67. The number of unbranched alkanes of at least 4 members (excludes halogenated alkanes) is 1. The van der Waals surface area contributed by atoms with Crippen molar-refractivity contribution in [2.75, 3.05) is 26.7 Å². The minimum absolute atomic E-state index is 0.244. The summed E-state index contributed by atoms with van der Waals surface area (Å²) in [4.78, 5) is 14.1. The second-order valence-electron chi connectivity index (χ2n) is 7.45. The predicted molar refractivity (Wildman–Crippen MR) is 87.1 cm³/mol. The Bertz CT molecular complexity index is 342. The highest BCUT2D eigenvalue weighted by atomic mass is 16.1. The first-order valence-corrected chi connectivity index (χ1v) is 8.71. The summed E-state index contributed by atoms with van der Waals surface area (Å²) in [6.07, 6.45) is 11.7. The zero-order valence-corrected chi connectivity index (χ0v) is 13.9. The first-order chi connectivity index (χ1) is 10.00. The van der Waals surface area contributed by atoms with E-state index in [1.807, 2.05) is 14.0 Å². The van der Waals surface area contributed by atoms with Crippen LogP contribution in [0.3, 0.4) is 0 Å². The van der Waals surface area contributed by atoms with Crippen molar-refractivity contribution in [2.45, 2.75) is 70.3 Å². The smallest absolute Gasteiger partial charge is 0.237 e. The summed E-state index contributed by atoms with van der Waals surface area (Å²) in [5, 5.41) is 3.06. The normalized spacial score (nSPS) is 25.0. The van der Waals surface area contributed by atoms with Crippen molar-refractivity contribution >= 4 is 5.91 Å². The van der Waals surface area contributed by atoms with E-state index in [1.54, 1.807) is 0 Å². The Hall–Kier alpha value is -0.610. The highest BCUT2D eigenvalue weighted by molar-refractivity contribution is 5.84. The molecule has 1 amide bonds. The lowest BCUT2D eigenvalue weighted by atomic mass is 9.77. The number of nitrogens with one attached hydrogen (secondary N) is 1. The Labute approximate surface area is 129 Å². The molecule has 0 aromatic rings. The Morgan fingerprint density at radius 1 is 1.19 bits per heavy atom. The lowest BCUT2D eigenvalue weighted by molar-refractivity contribution is -0.123. The van der Waals surface area contributed by atoms with E-state index in [0.29, 0.717) is 5.41 Å². The van der Waals surface area contributed by atoms with Crippen molar-refractivity contribution in [2.24, 2.45) is 11.1 Å². The molecular formula is C17H33N3O. The summed E-state index contributed by atoms with van der Waals surface area (Å²) in [5.41, 5.74) is 5.63. The monoisotopic (exact) mass is 295 g/mol. The third kappa shape index (κ3) is 4.19. The van der Waals surface area contributed by atoms with E-state index in [-0.39, 0.29) is 5.91 Å². The quantitative estimate of drug-likeness (QED) is 0.708. The molecule has 0 radical (unpaired) electrons. The molecule has 2 fully saturated rings. The summed E-state index contributed by atoms with van der Waals surface area (Å²) >= 11 is 0. The summed E-state index contributed by atoms with van der Waals surface area (Å²) in [5.74, 6) is -0.244. The molecule has 3 N–H and O–H groups in total. The zero-order valence-electron chi connectivity index (χ0n) is 13.9. The number of nitrogens with two attached hydrogens (primary N) is 1. The van der Waals surface area contributed by atoms with Gasteiger partial charge in [0, 0.05) is 0 Å². The van der Waals surface area contributed by atoms with Crippen molar-refractivity contribution in [3.63, 3.8) is 0 Å². The number of likely N-dealkylation sites (tertiary alicyclic amines) is 1. The van der Waals surface area contributed by atoms with Gasteiger partial charge in [-0.25, -0.2) is 0 Å². The van der Waals surface area contributed by atoms with Crippen LogP contribution in [0, 0.1) is 5.41 Å². The lowest BCUT2D eigenvalue weighted by Gasteiger charge is -2.39. The fraction of sp³-hybridized carbons (Fsp3) is 0.941. The molecule has 122 valence electrons. The van der Waals surface area contributed by atoms with Gasteiger partial charge in [0.25, 0.3) is 0 Å². The van der Waals surface area contributed by atoms with Gasteiger partial charge in [-0.05, 0) is 84.0 Å². The van der Waals surface area contributed by atoms with Gasteiger partial charge in [-0.15, -0.1) is 0 Å². The fourth-order valence-corrected chi connectivity index (χ4v) is 4.06. The predicted octanol–water partition coefficient (Wildman–Crippen LogP) is 2.28. The van der Waals surface area contributed by atoms with Crippen molar-refractivity contribution in [3.8, 4) is 0 Å². The Morgan fingerprint density at radius 2 is 1.81 bits per heavy atom. The SMILES string of the molecule is CNC(C)(CCCCN1CCC2(CCCC2)CC1)C(N)=O. The molecule has 1 saturated carbocycles. The molecule has 1 unspecified atom stereocenters. The number of nitrogens with zero attached hydrogens (tertiary/aromatic N) is 1. The molecular weight excluding hydrogens is 262 g/mol. The first-order valence-electron chi connectivity index (χ1n) is 8.71. The second kappa shape index (κ2) is 7.10. The molecule has 1 saturated heterocycles. The van der Waals surface area contributed by atoms with Crippen molar-refractivity contribution in [3.05, 3.63) is 0 Å². The third-order valence-corrected chi connectivity index (χ3v) is 6.08. The Balaban J connectivity index is 1.63. The number of likely N-dealkylation sites (N-methyl/N-ethyl adjacent to an activating group) is 1. The van der Waals surface area contributed by atoms with E-state index in [4.69, 9.17) is 5.73 Å². The maximum Gasteiger partial charge on any atom is 0.237 e. The number of amides is 1. The number of carbonyl (C=O) groups is 1. The van der Waals surface area contributed by atoms with Gasteiger partial charge in [-0.2, -0.15) is 0 Å². The standard InChI is InChI=1S/C17H33N3O/c1-16(19-2,15(18)21)7-5-6-12-20-13-10-17(11-14-20)8-3-4-9-17/h19H,3-14H2,1-2H3,(H2,18,21). The zero-order chi connectivity index (χ0) is 15.3. The highest BCUT2D eigenvalue weighted by Gasteiger charge is 2.36. The van der Waals surface area contributed by atoms with Crippen molar-refractivity contribution in [1.82, 2.24) is 10.2 Å². The molecule has 1 aliphatic carbocycles. The molecule has 4 heteroatoms. The van der Waals surface area contributed by atoms with Crippen LogP contribution in [-0.4, -0.2) is 43.0 Å². The largest absolute Gasteiger partial charge is 0.368 e. The van der Waals surface area contributed by atoms with Crippen LogP contribution in [0.4, 0.5) is 0 Å². The van der Waals surface area contributed by atoms with Crippen LogP contribution in [0.5, 0.6) is 0 Å². The highest BCUT2D eigenvalue weighted by Crippen LogP contribution is 2.46. The van der Waals surface area contributed by atoms with Crippen LogP contribution in [0.1, 0.15) is 64.7 Å². The molecule has 2 rings (SSSR count). The maximum atomic E-state index is 11.4. The fourth-order valence-electron chi connectivity index (χ4n) is 4.06. The molecule has 0 aromatic carbocycles. The summed E-state index contributed by atoms with van der Waals surface area (Å²) in [7, 11) is 1.82. The number of hydrogen-bond acceptors (Lipinski definition) is 3. The van der Waals surface area contributed by atoms with Crippen LogP contribution in [0.15, 0.2) is 0 Å². The number of rotatable bonds is 7. The van der Waals surface area contributed by atoms with Crippen LogP contribution in [0.25, 0.3) is 0 Å². The summed E-state index contributed by atoms with van der Waals surface area (Å²) in [6, 6.07) is 0. The molecule has 0 aromatic heterocycles. The third-order valence-electron chi connectivity index (χ3n) is 6.08. The van der Waals surface area contributed by atoms with Gasteiger partial charge in [0.2, 0.25) is 5.91 Å². The van der Waals surface area contributed by atoms with Crippen LogP contribution < -0.4 is 11.1 Å². The molecule has 21 heavy (non-hydrogen) atoms. The minimum Gasteiger partial charge on any atom is -0.368 e. The second-order valence-corrected chi connectivity index (χ2v) is 7.45. The summed E-state index contributed by atoms with van der Waals surface area (Å²) < 4.78 is 0.